The van der Waals surface area contributed by atoms with E-state index in [0.717, 1.165) is 13.1 Å². The van der Waals surface area contributed by atoms with Crippen LogP contribution in [0.5, 0.6) is 0 Å². The molecule has 0 aromatic heterocycles. The monoisotopic (exact) mass is 236 g/mol. The van der Waals surface area contributed by atoms with Crippen molar-refractivity contribution in [2.45, 2.75) is 0 Å². The van der Waals surface area contributed by atoms with Gasteiger partial charge >= 0.3 is 67.6 Å². The average molecular weight is 236 g/mol. The van der Waals surface area contributed by atoms with Crippen molar-refractivity contribution in [3.63, 3.8) is 0 Å². The first-order valence-electron chi connectivity index (χ1n) is 2.64. The summed E-state index contributed by atoms with van der Waals surface area (Å²) in [7, 11) is 0. The predicted octanol–water partition coefficient (Wildman–Crippen LogP) is -2.26. The maximum atomic E-state index is 5.13. The van der Waals surface area contributed by atoms with Gasteiger partial charge < -0.3 is 0 Å². The van der Waals surface area contributed by atoms with Crippen molar-refractivity contribution in [1.82, 2.24) is 3.11 Å². The number of terminal acetylenes is 1. The van der Waals surface area contributed by atoms with Crippen molar-refractivity contribution in [2.24, 2.45) is 0 Å². The molecule has 0 aromatic rings. The third-order valence-electron chi connectivity index (χ3n) is 0.829. The Morgan fingerprint density at radius 3 is 2.89 bits per heavy atom. The van der Waals surface area contributed by atoms with E-state index < -0.39 is 0 Å². The molecule has 0 bridgehead atoms. The van der Waals surface area contributed by atoms with E-state index in [9.17, 15) is 0 Å². The first-order valence-corrected chi connectivity index (χ1v) is 5.76. The first kappa shape index (κ1) is 8.99. The molecule has 1 nitrogen and oxygen atoms in total. The van der Waals surface area contributed by atoms with Gasteiger partial charge in [0, 0.05) is 0 Å². The van der Waals surface area contributed by atoms with Crippen LogP contribution in [0.4, 0.5) is 0 Å². The van der Waals surface area contributed by atoms with E-state index in [1.54, 1.807) is 0 Å². The van der Waals surface area contributed by atoms with E-state index in [2.05, 4.69) is 20.5 Å². The molecule has 0 aliphatic rings. The molecule has 0 rings (SSSR count). The van der Waals surface area contributed by atoms with Crippen LogP contribution in [0, 0.1) is 12.3 Å². The summed E-state index contributed by atoms with van der Waals surface area (Å²) >= 11 is 0.148. The summed E-state index contributed by atoms with van der Waals surface area (Å²) < 4.78 is 2.24. The number of halogens is 1. The zero-order chi connectivity index (χ0) is 7.11. The van der Waals surface area contributed by atoms with Gasteiger partial charge in [-0.15, -0.1) is 0 Å². The van der Waals surface area contributed by atoms with Crippen molar-refractivity contribution in [3.8, 4) is 12.3 Å². The zero-order valence-corrected chi connectivity index (χ0v) is 7.76. The standard InChI is InChI=1S/C7H11IN/c1-4-6-9(8-3)7-5-2/h1,5H,2,6-7H2,3H3/q-1. The Kier molecular flexibility index (Phi) is 6.11. The zero-order valence-electron chi connectivity index (χ0n) is 5.60. The summed E-state index contributed by atoms with van der Waals surface area (Å²) in [6.45, 7) is 5.35. The van der Waals surface area contributed by atoms with Crippen LogP contribution < -0.4 is 21.5 Å². The molecule has 0 unspecified atom stereocenters. The van der Waals surface area contributed by atoms with Crippen molar-refractivity contribution >= 4 is 0 Å². The first-order chi connectivity index (χ1) is 4.35. The van der Waals surface area contributed by atoms with Gasteiger partial charge in [0.05, 0.1) is 0 Å². The van der Waals surface area contributed by atoms with Gasteiger partial charge in [-0.05, 0) is 0 Å². The number of alkyl halides is 1. The molecule has 0 amide bonds. The second-order valence-electron chi connectivity index (χ2n) is 1.47. The molecule has 0 N–H and O–H groups in total. The van der Waals surface area contributed by atoms with Crippen LogP contribution in [-0.2, 0) is 0 Å². The van der Waals surface area contributed by atoms with E-state index in [0.29, 0.717) is 0 Å². The van der Waals surface area contributed by atoms with Gasteiger partial charge in [-0.2, -0.15) is 0 Å². The van der Waals surface area contributed by atoms with Crippen LogP contribution in [0.25, 0.3) is 0 Å². The van der Waals surface area contributed by atoms with E-state index >= 15 is 0 Å². The van der Waals surface area contributed by atoms with Crippen molar-refractivity contribution in [3.05, 3.63) is 12.7 Å². The minimum absolute atomic E-state index is 0.148. The minimum atomic E-state index is 0.148. The summed E-state index contributed by atoms with van der Waals surface area (Å²) in [5.41, 5.74) is 0. The van der Waals surface area contributed by atoms with Gasteiger partial charge in [-0.3, -0.25) is 0 Å². The SMILES string of the molecule is C#CCN(CC=C)[I-]C. The molecule has 0 atom stereocenters. The Morgan fingerprint density at radius 1 is 1.89 bits per heavy atom. The van der Waals surface area contributed by atoms with Crippen LogP contribution in [0.15, 0.2) is 12.7 Å². The molecule has 0 spiro atoms. The summed E-state index contributed by atoms with van der Waals surface area (Å²) in [5.74, 6) is 2.61. The van der Waals surface area contributed by atoms with E-state index in [-0.39, 0.29) is 21.5 Å². The van der Waals surface area contributed by atoms with Gasteiger partial charge in [0.15, 0.2) is 0 Å². The Hall–Kier alpha value is -0.0100. The van der Waals surface area contributed by atoms with Crippen molar-refractivity contribution in [2.75, 3.05) is 18.0 Å². The van der Waals surface area contributed by atoms with Crippen molar-refractivity contribution < 1.29 is 21.5 Å². The van der Waals surface area contributed by atoms with Crippen LogP contribution in [0.1, 0.15) is 0 Å². The molecule has 0 radical (unpaired) electrons. The topological polar surface area (TPSA) is 3.24 Å². The Balaban J connectivity index is 3.43. The van der Waals surface area contributed by atoms with Gasteiger partial charge in [-0.1, -0.05) is 0 Å². The van der Waals surface area contributed by atoms with Crippen LogP contribution in [-0.4, -0.2) is 21.1 Å². The summed E-state index contributed by atoms with van der Waals surface area (Å²) in [5, 5.41) is 0. The number of hydrogen-bond acceptors (Lipinski definition) is 1. The molecule has 0 fully saturated rings. The molecule has 0 aliphatic carbocycles. The fourth-order valence-corrected chi connectivity index (χ4v) is 1.64. The predicted molar refractivity (Wildman–Crippen MR) is 36.5 cm³/mol. The molecule has 9 heavy (non-hydrogen) atoms. The number of hydrogen-bond donors (Lipinski definition) is 0. The average Bonchev–Trinajstić information content (AvgIpc) is 1.88. The fourth-order valence-electron chi connectivity index (χ4n) is 0.432. The molecule has 52 valence electrons. The van der Waals surface area contributed by atoms with Gasteiger partial charge in [0.1, 0.15) is 0 Å². The molecule has 2 heteroatoms. The third kappa shape index (κ3) is 4.49. The second kappa shape index (κ2) is 6.12. The van der Waals surface area contributed by atoms with Crippen LogP contribution in [0.2, 0.25) is 0 Å². The maximum absolute atomic E-state index is 5.13. The Labute approximate surface area is 67.7 Å². The van der Waals surface area contributed by atoms with Crippen molar-refractivity contribution in [1.29, 1.82) is 0 Å². The molecular formula is C7H11IN-. The molecule has 0 saturated carbocycles. The van der Waals surface area contributed by atoms with E-state index in [1.807, 2.05) is 6.08 Å². The van der Waals surface area contributed by atoms with Crippen LogP contribution >= 0.6 is 0 Å². The van der Waals surface area contributed by atoms with Gasteiger partial charge in [0.25, 0.3) is 0 Å². The Bertz CT molecular complexity index is 115. The van der Waals surface area contributed by atoms with Crippen LogP contribution in [0.3, 0.4) is 0 Å². The number of rotatable bonds is 4. The summed E-state index contributed by atoms with van der Waals surface area (Å²) in [6, 6.07) is 0. The molecular weight excluding hydrogens is 225 g/mol. The second-order valence-corrected chi connectivity index (χ2v) is 3.79. The third-order valence-corrected chi connectivity index (χ3v) is 2.93. The normalized spacial score (nSPS) is 9.44. The molecule has 0 heterocycles. The molecule has 0 saturated heterocycles. The quantitative estimate of drug-likeness (QED) is 0.175. The van der Waals surface area contributed by atoms with E-state index in [4.69, 9.17) is 6.42 Å². The molecule has 0 aliphatic heterocycles. The Morgan fingerprint density at radius 2 is 2.56 bits per heavy atom. The van der Waals surface area contributed by atoms with Gasteiger partial charge in [0.2, 0.25) is 0 Å². The summed E-state index contributed by atoms with van der Waals surface area (Å²) in [4.78, 5) is 2.19. The van der Waals surface area contributed by atoms with E-state index in [1.165, 1.54) is 0 Å². The number of nitrogens with zero attached hydrogens (tertiary/aromatic N) is 1. The summed E-state index contributed by atoms with van der Waals surface area (Å²) in [6.07, 6.45) is 7.02. The molecule has 0 aromatic carbocycles. The van der Waals surface area contributed by atoms with Gasteiger partial charge in [-0.25, -0.2) is 0 Å². The fraction of sp³-hybridized carbons (Fsp3) is 0.429.